The first-order valence-electron chi connectivity index (χ1n) is 10.0. The largest absolute Gasteiger partial charge is 0.406 e. The number of anilines is 1. The molecule has 0 unspecified atom stereocenters. The van der Waals surface area contributed by atoms with Crippen LogP contribution in [0.4, 0.5) is 6.01 Å². The molecular weight excluding hydrogens is 410 g/mol. The molecule has 9 heteroatoms. The van der Waals surface area contributed by atoms with Gasteiger partial charge >= 0.3 is 6.01 Å². The van der Waals surface area contributed by atoms with E-state index in [2.05, 4.69) is 20.5 Å². The van der Waals surface area contributed by atoms with Crippen LogP contribution < -0.4 is 5.32 Å². The molecule has 2 aromatic heterocycles. The van der Waals surface area contributed by atoms with Crippen LogP contribution in [0, 0.1) is 0 Å². The number of para-hydroxylation sites is 1. The third-order valence-corrected chi connectivity index (χ3v) is 5.17. The normalized spacial score (nSPS) is 13.7. The summed E-state index contributed by atoms with van der Waals surface area (Å²) in [6, 6.07) is 18.5. The number of nitrogens with zero attached hydrogens (tertiary/aromatic N) is 4. The minimum atomic E-state index is -0.440. The number of carbonyl (C=O) groups is 3. The smallest absolute Gasteiger partial charge is 0.322 e. The monoisotopic (exact) mass is 427 g/mol. The minimum Gasteiger partial charge on any atom is -0.406 e. The van der Waals surface area contributed by atoms with E-state index in [0.29, 0.717) is 22.2 Å². The highest BCUT2D eigenvalue weighted by atomic mass is 16.4. The van der Waals surface area contributed by atoms with Crippen LogP contribution in [0.1, 0.15) is 29.1 Å². The summed E-state index contributed by atoms with van der Waals surface area (Å²) in [5, 5.41) is 10.9. The van der Waals surface area contributed by atoms with Gasteiger partial charge in [-0.25, -0.2) is 4.98 Å². The molecule has 1 N–H and O–H groups in total. The van der Waals surface area contributed by atoms with Crippen molar-refractivity contribution in [2.45, 2.75) is 19.4 Å². The van der Waals surface area contributed by atoms with Crippen molar-refractivity contribution in [2.75, 3.05) is 5.32 Å². The zero-order chi connectivity index (χ0) is 22.1. The van der Waals surface area contributed by atoms with Crippen LogP contribution in [0.5, 0.6) is 0 Å². The molecule has 0 bridgehead atoms. The molecule has 1 saturated heterocycles. The Morgan fingerprint density at radius 2 is 1.69 bits per heavy atom. The second-order valence-corrected chi connectivity index (χ2v) is 7.27. The molecule has 0 spiro atoms. The lowest BCUT2D eigenvalue weighted by molar-refractivity contribution is -0.139. The number of benzene rings is 2. The average Bonchev–Trinajstić information content (AvgIpc) is 3.40. The Balaban J connectivity index is 1.42. The molecule has 4 aromatic rings. The van der Waals surface area contributed by atoms with Gasteiger partial charge in [0.2, 0.25) is 17.7 Å². The number of pyridine rings is 1. The van der Waals surface area contributed by atoms with E-state index in [-0.39, 0.29) is 43.1 Å². The Bertz CT molecular complexity index is 1330. The Kier molecular flexibility index (Phi) is 4.91. The SMILES string of the molecule is O=C(Nc1nnc(CN2C(=O)CCC2=O)o1)c1cc(-c2ccccc2)nc2ccccc12. The molecule has 1 aliphatic heterocycles. The average molecular weight is 427 g/mol. The van der Waals surface area contributed by atoms with E-state index in [4.69, 9.17) is 4.42 Å². The summed E-state index contributed by atoms with van der Waals surface area (Å²) in [5.41, 5.74) is 2.62. The Hall–Kier alpha value is -4.40. The van der Waals surface area contributed by atoms with E-state index in [1.165, 1.54) is 0 Å². The van der Waals surface area contributed by atoms with Crippen LogP contribution >= 0.6 is 0 Å². The number of hydrogen-bond donors (Lipinski definition) is 1. The van der Waals surface area contributed by atoms with Gasteiger partial charge in [0.25, 0.3) is 5.91 Å². The van der Waals surface area contributed by atoms with Crippen LogP contribution in [0.3, 0.4) is 0 Å². The molecule has 0 radical (unpaired) electrons. The second kappa shape index (κ2) is 8.03. The van der Waals surface area contributed by atoms with Crippen LogP contribution in [0.15, 0.2) is 65.1 Å². The van der Waals surface area contributed by atoms with Crippen molar-refractivity contribution in [3.63, 3.8) is 0 Å². The molecule has 0 atom stereocenters. The number of fused-ring (bicyclic) bond motifs is 1. The van der Waals surface area contributed by atoms with Gasteiger partial charge in [-0.1, -0.05) is 53.6 Å². The minimum absolute atomic E-state index is 0.0634. The zero-order valence-electron chi connectivity index (χ0n) is 16.8. The van der Waals surface area contributed by atoms with Crippen molar-refractivity contribution < 1.29 is 18.8 Å². The maximum Gasteiger partial charge on any atom is 0.322 e. The summed E-state index contributed by atoms with van der Waals surface area (Å²) in [7, 11) is 0. The lowest BCUT2D eigenvalue weighted by atomic mass is 10.0. The summed E-state index contributed by atoms with van der Waals surface area (Å²) in [6.07, 6.45) is 0.352. The number of imide groups is 1. The van der Waals surface area contributed by atoms with E-state index in [1.807, 2.05) is 54.6 Å². The van der Waals surface area contributed by atoms with Crippen molar-refractivity contribution in [3.05, 3.63) is 72.1 Å². The molecule has 9 nitrogen and oxygen atoms in total. The van der Waals surface area contributed by atoms with E-state index >= 15 is 0 Å². The summed E-state index contributed by atoms with van der Waals surface area (Å²) >= 11 is 0. The van der Waals surface area contributed by atoms with Gasteiger partial charge in [-0.2, -0.15) is 0 Å². The molecule has 0 aliphatic carbocycles. The van der Waals surface area contributed by atoms with E-state index < -0.39 is 5.91 Å². The fourth-order valence-corrected chi connectivity index (χ4v) is 3.59. The quantitative estimate of drug-likeness (QED) is 0.486. The van der Waals surface area contributed by atoms with Crippen molar-refractivity contribution in [1.82, 2.24) is 20.1 Å². The maximum atomic E-state index is 13.1. The number of nitrogens with one attached hydrogen (secondary N) is 1. The molecule has 1 aliphatic rings. The molecule has 1 fully saturated rings. The highest BCUT2D eigenvalue weighted by Crippen LogP contribution is 2.25. The molecule has 3 heterocycles. The second-order valence-electron chi connectivity index (χ2n) is 7.27. The summed E-state index contributed by atoms with van der Waals surface area (Å²) in [5.74, 6) is -0.941. The molecular formula is C23H17N5O4. The predicted molar refractivity (Wildman–Crippen MR) is 114 cm³/mol. The highest BCUT2D eigenvalue weighted by molar-refractivity contribution is 6.12. The van der Waals surface area contributed by atoms with Crippen molar-refractivity contribution in [1.29, 1.82) is 0 Å². The molecule has 32 heavy (non-hydrogen) atoms. The van der Waals surface area contributed by atoms with Crippen molar-refractivity contribution in [3.8, 4) is 11.3 Å². The topological polar surface area (TPSA) is 118 Å². The van der Waals surface area contributed by atoms with Crippen molar-refractivity contribution >= 4 is 34.6 Å². The van der Waals surface area contributed by atoms with E-state index in [0.717, 1.165) is 10.5 Å². The molecule has 3 amide bonds. The summed E-state index contributed by atoms with van der Waals surface area (Å²) < 4.78 is 5.45. The van der Waals surface area contributed by atoms with Gasteiger partial charge in [-0.05, 0) is 12.1 Å². The third-order valence-electron chi connectivity index (χ3n) is 5.17. The maximum absolute atomic E-state index is 13.1. The Morgan fingerprint density at radius 3 is 2.47 bits per heavy atom. The fraction of sp³-hybridized carbons (Fsp3) is 0.130. The third kappa shape index (κ3) is 3.71. The van der Waals surface area contributed by atoms with E-state index in [9.17, 15) is 14.4 Å². The van der Waals surface area contributed by atoms with Crippen LogP contribution in [-0.4, -0.2) is 37.8 Å². The molecule has 0 saturated carbocycles. The number of aromatic nitrogens is 3. The summed E-state index contributed by atoms with van der Waals surface area (Å²) in [4.78, 5) is 42.4. The van der Waals surface area contributed by atoms with Gasteiger partial charge in [0.15, 0.2) is 0 Å². The Labute approximate surface area is 182 Å². The number of likely N-dealkylation sites (tertiary alicyclic amines) is 1. The lowest BCUT2D eigenvalue weighted by Gasteiger charge is -2.10. The van der Waals surface area contributed by atoms with Gasteiger partial charge < -0.3 is 4.42 Å². The predicted octanol–water partition coefficient (Wildman–Crippen LogP) is 3.19. The van der Waals surface area contributed by atoms with Gasteiger partial charge in [0.1, 0.15) is 6.54 Å². The van der Waals surface area contributed by atoms with Gasteiger partial charge in [0.05, 0.1) is 16.8 Å². The van der Waals surface area contributed by atoms with E-state index in [1.54, 1.807) is 6.07 Å². The van der Waals surface area contributed by atoms with Crippen molar-refractivity contribution in [2.24, 2.45) is 0 Å². The fourth-order valence-electron chi connectivity index (χ4n) is 3.59. The van der Waals surface area contributed by atoms with Gasteiger partial charge in [-0.3, -0.25) is 24.6 Å². The van der Waals surface area contributed by atoms with Crippen LogP contribution in [0.2, 0.25) is 0 Å². The van der Waals surface area contributed by atoms with Gasteiger partial charge in [0, 0.05) is 23.8 Å². The zero-order valence-corrected chi connectivity index (χ0v) is 16.8. The lowest BCUT2D eigenvalue weighted by Crippen LogP contribution is -2.28. The molecule has 158 valence electrons. The number of amides is 3. The van der Waals surface area contributed by atoms with Crippen LogP contribution in [-0.2, 0) is 16.1 Å². The molecule has 2 aromatic carbocycles. The molecule has 5 rings (SSSR count). The Morgan fingerprint density at radius 1 is 0.969 bits per heavy atom. The first-order valence-corrected chi connectivity index (χ1v) is 10.0. The van der Waals surface area contributed by atoms with Gasteiger partial charge in [-0.15, -0.1) is 5.10 Å². The number of carbonyl (C=O) groups excluding carboxylic acids is 3. The van der Waals surface area contributed by atoms with Crippen LogP contribution in [0.25, 0.3) is 22.2 Å². The summed E-state index contributed by atoms with van der Waals surface area (Å²) in [6.45, 7) is -0.114. The number of rotatable bonds is 5. The first-order chi connectivity index (χ1) is 15.6. The number of hydrogen-bond acceptors (Lipinski definition) is 7. The first kappa shape index (κ1) is 19.6. The standard InChI is InChI=1S/C23H17N5O4/c29-20-10-11-21(30)28(20)13-19-26-27-23(32-19)25-22(31)16-12-18(14-6-2-1-3-7-14)24-17-9-5-4-8-15(16)17/h1-9,12H,10-11,13H2,(H,25,27,31). The highest BCUT2D eigenvalue weighted by Gasteiger charge is 2.30.